The first-order valence-electron chi connectivity index (χ1n) is 6.58. The minimum Gasteiger partial charge on any atom is -0.480 e. The summed E-state index contributed by atoms with van der Waals surface area (Å²) in [4.78, 5) is 15.1. The van der Waals surface area contributed by atoms with Crippen molar-refractivity contribution in [3.8, 4) is 0 Å². The molecule has 1 fully saturated rings. The number of hydrogen-bond donors (Lipinski definition) is 3. The summed E-state index contributed by atoms with van der Waals surface area (Å²) >= 11 is 1.42. The normalized spacial score (nSPS) is 21.0. The van der Waals surface area contributed by atoms with Crippen LogP contribution in [0.4, 0.5) is 5.13 Å². The molecule has 19 heavy (non-hydrogen) atoms. The highest BCUT2D eigenvalue weighted by atomic mass is 32.1. The van der Waals surface area contributed by atoms with E-state index < -0.39 is 12.0 Å². The van der Waals surface area contributed by atoms with E-state index in [1.165, 1.54) is 24.2 Å². The number of nitrogens with zero attached hydrogens (tertiary/aromatic N) is 1. The lowest BCUT2D eigenvalue weighted by molar-refractivity contribution is -0.138. The average Bonchev–Trinajstić information content (AvgIpc) is 2.79. The third kappa shape index (κ3) is 3.67. The van der Waals surface area contributed by atoms with Crippen molar-refractivity contribution >= 4 is 22.4 Å². The molecule has 106 valence electrons. The molecule has 0 spiro atoms. The predicted molar refractivity (Wildman–Crippen MR) is 76.3 cm³/mol. The van der Waals surface area contributed by atoms with Crippen molar-refractivity contribution in [2.24, 2.45) is 11.1 Å². The molecule has 2 rings (SSSR count). The van der Waals surface area contributed by atoms with Crippen molar-refractivity contribution < 1.29 is 9.90 Å². The molecule has 1 aliphatic carbocycles. The molecule has 1 heterocycles. The van der Waals surface area contributed by atoms with Crippen LogP contribution in [-0.4, -0.2) is 22.1 Å². The Kier molecular flexibility index (Phi) is 4.10. The van der Waals surface area contributed by atoms with Gasteiger partial charge in [-0.2, -0.15) is 0 Å². The highest BCUT2D eigenvalue weighted by Crippen LogP contribution is 2.36. The minimum atomic E-state index is -1.05. The zero-order chi connectivity index (χ0) is 14.0. The zero-order valence-electron chi connectivity index (χ0n) is 11.3. The Balaban J connectivity index is 1.92. The van der Waals surface area contributed by atoms with Crippen LogP contribution in [0, 0.1) is 5.41 Å². The molecule has 0 amide bonds. The Bertz CT molecular complexity index is 448. The van der Waals surface area contributed by atoms with Crippen molar-refractivity contribution in [2.45, 2.75) is 51.6 Å². The standard InChI is InChI=1S/C13H21N3O2S/c1-13(2)5-3-8(4-6-13)15-12-16-9(7-19-12)10(14)11(17)18/h7-8,10H,3-6,14H2,1-2H3,(H,15,16)(H,17,18). The molecule has 0 aliphatic heterocycles. The lowest BCUT2D eigenvalue weighted by Crippen LogP contribution is -2.29. The SMILES string of the molecule is CC1(C)CCC(Nc2nc(C(N)C(=O)O)cs2)CC1. The molecule has 1 aromatic heterocycles. The monoisotopic (exact) mass is 283 g/mol. The van der Waals surface area contributed by atoms with Crippen LogP contribution in [0.25, 0.3) is 0 Å². The maximum absolute atomic E-state index is 10.8. The maximum atomic E-state index is 10.8. The first kappa shape index (κ1) is 14.3. The van der Waals surface area contributed by atoms with Crippen LogP contribution in [0.15, 0.2) is 5.38 Å². The van der Waals surface area contributed by atoms with Crippen LogP contribution in [-0.2, 0) is 4.79 Å². The van der Waals surface area contributed by atoms with Crippen LogP contribution in [0.3, 0.4) is 0 Å². The van der Waals surface area contributed by atoms with Gasteiger partial charge in [0.2, 0.25) is 0 Å². The van der Waals surface area contributed by atoms with Gasteiger partial charge in [0.25, 0.3) is 0 Å². The van der Waals surface area contributed by atoms with Crippen LogP contribution in [0.1, 0.15) is 51.3 Å². The number of rotatable bonds is 4. The summed E-state index contributed by atoms with van der Waals surface area (Å²) < 4.78 is 0. The number of thiazole rings is 1. The Morgan fingerprint density at radius 1 is 1.58 bits per heavy atom. The maximum Gasteiger partial charge on any atom is 0.326 e. The highest BCUT2D eigenvalue weighted by Gasteiger charge is 2.27. The Morgan fingerprint density at radius 2 is 2.21 bits per heavy atom. The molecule has 6 heteroatoms. The minimum absolute atomic E-state index is 0.427. The number of aromatic nitrogens is 1. The summed E-state index contributed by atoms with van der Waals surface area (Å²) in [5.74, 6) is -1.05. The molecule has 0 aromatic carbocycles. The first-order valence-corrected chi connectivity index (χ1v) is 7.46. The fraction of sp³-hybridized carbons (Fsp3) is 0.692. The Morgan fingerprint density at radius 3 is 2.79 bits per heavy atom. The number of hydrogen-bond acceptors (Lipinski definition) is 5. The Labute approximate surface area is 117 Å². The molecule has 5 nitrogen and oxygen atoms in total. The molecular weight excluding hydrogens is 262 g/mol. The fourth-order valence-electron chi connectivity index (χ4n) is 2.34. The third-order valence-electron chi connectivity index (χ3n) is 3.77. The first-order chi connectivity index (χ1) is 8.87. The van der Waals surface area contributed by atoms with Crippen LogP contribution >= 0.6 is 11.3 Å². The second-order valence-electron chi connectivity index (χ2n) is 5.98. The molecule has 1 unspecified atom stereocenters. The van der Waals surface area contributed by atoms with Gasteiger partial charge in [0.1, 0.15) is 6.04 Å². The number of anilines is 1. The molecule has 1 saturated carbocycles. The summed E-state index contributed by atoms with van der Waals surface area (Å²) in [5.41, 5.74) is 6.41. The number of carbonyl (C=O) groups is 1. The van der Waals surface area contributed by atoms with Crippen molar-refractivity contribution in [1.29, 1.82) is 0 Å². The largest absolute Gasteiger partial charge is 0.480 e. The topological polar surface area (TPSA) is 88.2 Å². The summed E-state index contributed by atoms with van der Waals surface area (Å²) in [6.07, 6.45) is 4.68. The average molecular weight is 283 g/mol. The van der Waals surface area contributed by atoms with Crippen molar-refractivity contribution in [1.82, 2.24) is 4.98 Å². The van der Waals surface area contributed by atoms with Gasteiger partial charge in [0, 0.05) is 11.4 Å². The number of aliphatic carboxylic acids is 1. The molecule has 1 aliphatic rings. The number of nitrogens with two attached hydrogens (primary N) is 1. The van der Waals surface area contributed by atoms with E-state index in [1.54, 1.807) is 5.38 Å². The molecule has 0 radical (unpaired) electrons. The zero-order valence-corrected chi connectivity index (χ0v) is 12.2. The second kappa shape index (κ2) is 5.46. The van der Waals surface area contributed by atoms with Crippen molar-refractivity contribution in [2.75, 3.05) is 5.32 Å². The van der Waals surface area contributed by atoms with Gasteiger partial charge < -0.3 is 16.2 Å². The summed E-state index contributed by atoms with van der Waals surface area (Å²) in [5, 5.41) is 14.7. The summed E-state index contributed by atoms with van der Waals surface area (Å²) in [7, 11) is 0. The van der Waals surface area contributed by atoms with Gasteiger partial charge in [-0.05, 0) is 31.1 Å². The van der Waals surface area contributed by atoms with E-state index in [0.29, 0.717) is 17.2 Å². The molecular formula is C13H21N3O2S. The van der Waals surface area contributed by atoms with Gasteiger partial charge in [0.05, 0.1) is 5.69 Å². The highest BCUT2D eigenvalue weighted by molar-refractivity contribution is 7.13. The summed E-state index contributed by atoms with van der Waals surface area (Å²) in [6.45, 7) is 4.60. The lowest BCUT2D eigenvalue weighted by atomic mass is 9.76. The fourth-order valence-corrected chi connectivity index (χ4v) is 3.16. The van der Waals surface area contributed by atoms with E-state index in [4.69, 9.17) is 10.8 Å². The van der Waals surface area contributed by atoms with E-state index in [0.717, 1.165) is 18.0 Å². The van der Waals surface area contributed by atoms with Gasteiger partial charge in [-0.1, -0.05) is 13.8 Å². The van der Waals surface area contributed by atoms with Gasteiger partial charge in [0.15, 0.2) is 5.13 Å². The van der Waals surface area contributed by atoms with Gasteiger partial charge >= 0.3 is 5.97 Å². The van der Waals surface area contributed by atoms with Gasteiger partial charge in [-0.25, -0.2) is 4.98 Å². The molecule has 0 saturated heterocycles. The number of carboxylic acids is 1. The molecule has 1 atom stereocenters. The third-order valence-corrected chi connectivity index (χ3v) is 4.57. The van der Waals surface area contributed by atoms with E-state index in [2.05, 4.69) is 24.1 Å². The Hall–Kier alpha value is -1.14. The van der Waals surface area contributed by atoms with Crippen molar-refractivity contribution in [3.05, 3.63) is 11.1 Å². The van der Waals surface area contributed by atoms with Crippen molar-refractivity contribution in [3.63, 3.8) is 0 Å². The lowest BCUT2D eigenvalue weighted by Gasteiger charge is -2.34. The van der Waals surface area contributed by atoms with Crippen LogP contribution in [0.2, 0.25) is 0 Å². The molecule has 4 N–H and O–H groups in total. The van der Waals surface area contributed by atoms with E-state index in [1.807, 2.05) is 0 Å². The summed E-state index contributed by atoms with van der Waals surface area (Å²) in [6, 6.07) is -0.592. The predicted octanol–water partition coefficient (Wildman–Crippen LogP) is 2.61. The number of nitrogens with one attached hydrogen (secondary N) is 1. The quantitative estimate of drug-likeness (QED) is 0.790. The second-order valence-corrected chi connectivity index (χ2v) is 6.83. The number of carboxylic acid groups (broad SMARTS) is 1. The van der Waals surface area contributed by atoms with Gasteiger partial charge in [-0.15, -0.1) is 11.3 Å². The van der Waals surface area contributed by atoms with E-state index in [9.17, 15) is 4.79 Å². The molecule has 1 aromatic rings. The van der Waals surface area contributed by atoms with Crippen LogP contribution in [0.5, 0.6) is 0 Å². The van der Waals surface area contributed by atoms with E-state index >= 15 is 0 Å². The van der Waals surface area contributed by atoms with E-state index in [-0.39, 0.29) is 0 Å². The van der Waals surface area contributed by atoms with Gasteiger partial charge in [-0.3, -0.25) is 4.79 Å². The van der Waals surface area contributed by atoms with Crippen LogP contribution < -0.4 is 11.1 Å². The molecule has 0 bridgehead atoms. The smallest absolute Gasteiger partial charge is 0.326 e.